The van der Waals surface area contributed by atoms with Crippen molar-refractivity contribution < 1.29 is 0 Å². The van der Waals surface area contributed by atoms with Crippen molar-refractivity contribution in [3.63, 3.8) is 0 Å². The van der Waals surface area contributed by atoms with E-state index >= 15 is 0 Å². The number of nitrogens with zero attached hydrogens (tertiary/aromatic N) is 3. The van der Waals surface area contributed by atoms with Crippen molar-refractivity contribution in [3.05, 3.63) is 11.4 Å². The van der Waals surface area contributed by atoms with Gasteiger partial charge < -0.3 is 10.3 Å². The fourth-order valence-corrected chi connectivity index (χ4v) is 2.26. The second-order valence-electron chi connectivity index (χ2n) is 4.48. The summed E-state index contributed by atoms with van der Waals surface area (Å²) < 4.78 is 0. The minimum absolute atomic E-state index is 0.748. The Morgan fingerprint density at radius 1 is 1.24 bits per heavy atom. The minimum atomic E-state index is 0.748. The van der Waals surface area contributed by atoms with Crippen molar-refractivity contribution in [1.82, 2.24) is 9.97 Å². The molecular formula is C12H21N5. The Labute approximate surface area is 102 Å². The number of nitrogens with one attached hydrogen (secondary N) is 1. The molecule has 2 heterocycles. The summed E-state index contributed by atoms with van der Waals surface area (Å²) in [6, 6.07) is 0. The second-order valence-corrected chi connectivity index (χ2v) is 4.48. The van der Waals surface area contributed by atoms with Gasteiger partial charge in [-0.2, -0.15) is 0 Å². The zero-order valence-corrected chi connectivity index (χ0v) is 10.7. The Balaban J connectivity index is 2.36. The standard InChI is InChI=1S/C12H21N5/c1-3-10-14-11(16-13)9(2)12(15-10)17-7-5-4-6-8-17/h3-8,13H2,1-2H3,(H,14,15,16). The zero-order chi connectivity index (χ0) is 12.3. The van der Waals surface area contributed by atoms with Gasteiger partial charge >= 0.3 is 0 Å². The molecule has 1 aliphatic heterocycles. The molecule has 5 nitrogen and oxygen atoms in total. The van der Waals surface area contributed by atoms with Crippen molar-refractivity contribution >= 4 is 11.6 Å². The number of nitrogens with two attached hydrogens (primary N) is 1. The van der Waals surface area contributed by atoms with Gasteiger partial charge in [-0.3, -0.25) is 0 Å². The van der Waals surface area contributed by atoms with Gasteiger partial charge in [0.2, 0.25) is 0 Å². The summed E-state index contributed by atoms with van der Waals surface area (Å²) in [6.45, 7) is 6.26. The lowest BCUT2D eigenvalue weighted by molar-refractivity contribution is 0.571. The maximum absolute atomic E-state index is 5.51. The number of hydrogen-bond acceptors (Lipinski definition) is 5. The van der Waals surface area contributed by atoms with E-state index in [1.54, 1.807) is 0 Å². The van der Waals surface area contributed by atoms with E-state index < -0.39 is 0 Å². The molecule has 17 heavy (non-hydrogen) atoms. The van der Waals surface area contributed by atoms with Crippen LogP contribution in [0.3, 0.4) is 0 Å². The third kappa shape index (κ3) is 2.49. The van der Waals surface area contributed by atoms with Crippen LogP contribution < -0.4 is 16.2 Å². The van der Waals surface area contributed by atoms with Crippen LogP contribution in [0.25, 0.3) is 0 Å². The smallest absolute Gasteiger partial charge is 0.148 e. The Morgan fingerprint density at radius 2 is 1.94 bits per heavy atom. The molecule has 1 aromatic heterocycles. The van der Waals surface area contributed by atoms with Crippen LogP contribution in [-0.4, -0.2) is 23.1 Å². The molecule has 0 aliphatic carbocycles. The summed E-state index contributed by atoms with van der Waals surface area (Å²) in [7, 11) is 0. The topological polar surface area (TPSA) is 67.1 Å². The molecule has 0 bridgehead atoms. The lowest BCUT2D eigenvalue weighted by Gasteiger charge is -2.29. The number of hydrogen-bond donors (Lipinski definition) is 2. The van der Waals surface area contributed by atoms with Crippen LogP contribution >= 0.6 is 0 Å². The van der Waals surface area contributed by atoms with Crippen molar-refractivity contribution in [2.24, 2.45) is 5.84 Å². The highest BCUT2D eigenvalue weighted by molar-refractivity contribution is 5.58. The lowest BCUT2D eigenvalue weighted by Crippen LogP contribution is -2.31. The van der Waals surface area contributed by atoms with Crippen LogP contribution in [0, 0.1) is 6.92 Å². The number of anilines is 2. The van der Waals surface area contributed by atoms with Gasteiger partial charge in [-0.25, -0.2) is 15.8 Å². The first-order chi connectivity index (χ1) is 8.26. The van der Waals surface area contributed by atoms with Gasteiger partial charge in [-0.15, -0.1) is 0 Å². The van der Waals surface area contributed by atoms with E-state index in [0.29, 0.717) is 0 Å². The van der Waals surface area contributed by atoms with Gasteiger partial charge in [0.15, 0.2) is 0 Å². The molecule has 5 heteroatoms. The van der Waals surface area contributed by atoms with Crippen molar-refractivity contribution in [2.75, 3.05) is 23.4 Å². The number of piperidine rings is 1. The zero-order valence-electron chi connectivity index (χ0n) is 10.7. The third-order valence-electron chi connectivity index (χ3n) is 3.27. The van der Waals surface area contributed by atoms with E-state index in [-0.39, 0.29) is 0 Å². The molecule has 0 atom stereocenters. The summed E-state index contributed by atoms with van der Waals surface area (Å²) in [5.74, 6) is 8.16. The molecule has 1 aliphatic rings. The molecule has 1 fully saturated rings. The largest absolute Gasteiger partial charge is 0.356 e. The van der Waals surface area contributed by atoms with E-state index in [0.717, 1.165) is 42.5 Å². The maximum Gasteiger partial charge on any atom is 0.148 e. The SMILES string of the molecule is CCc1nc(NN)c(C)c(N2CCCCC2)n1. The number of hydrazine groups is 1. The van der Waals surface area contributed by atoms with E-state index in [1.807, 2.05) is 6.92 Å². The molecule has 0 amide bonds. The third-order valence-corrected chi connectivity index (χ3v) is 3.27. The molecule has 0 spiro atoms. The minimum Gasteiger partial charge on any atom is -0.356 e. The average molecular weight is 235 g/mol. The Morgan fingerprint density at radius 3 is 2.53 bits per heavy atom. The van der Waals surface area contributed by atoms with Gasteiger partial charge in [0.1, 0.15) is 17.5 Å². The number of aryl methyl sites for hydroxylation is 1. The fourth-order valence-electron chi connectivity index (χ4n) is 2.26. The second kappa shape index (κ2) is 5.31. The summed E-state index contributed by atoms with van der Waals surface area (Å²) in [6.07, 6.45) is 4.64. The molecular weight excluding hydrogens is 214 g/mol. The summed E-state index contributed by atoms with van der Waals surface area (Å²) in [4.78, 5) is 11.4. The first-order valence-electron chi connectivity index (χ1n) is 6.35. The quantitative estimate of drug-likeness (QED) is 0.615. The van der Waals surface area contributed by atoms with Crippen LogP contribution in [0.5, 0.6) is 0 Å². The molecule has 0 unspecified atom stereocenters. The van der Waals surface area contributed by atoms with Crippen molar-refractivity contribution in [2.45, 2.75) is 39.5 Å². The van der Waals surface area contributed by atoms with E-state index in [9.17, 15) is 0 Å². The molecule has 1 aromatic rings. The molecule has 0 saturated carbocycles. The van der Waals surface area contributed by atoms with Gasteiger partial charge in [-0.1, -0.05) is 6.92 Å². The number of aromatic nitrogens is 2. The Kier molecular flexibility index (Phi) is 3.78. The van der Waals surface area contributed by atoms with Crippen molar-refractivity contribution in [3.8, 4) is 0 Å². The predicted octanol–water partition coefficient (Wildman–Crippen LogP) is 1.62. The summed E-state index contributed by atoms with van der Waals surface area (Å²) in [5, 5.41) is 0. The lowest BCUT2D eigenvalue weighted by atomic mass is 10.1. The van der Waals surface area contributed by atoms with Crippen LogP contribution in [0.2, 0.25) is 0 Å². The van der Waals surface area contributed by atoms with Crippen molar-refractivity contribution in [1.29, 1.82) is 0 Å². The highest BCUT2D eigenvalue weighted by atomic mass is 15.3. The normalized spacial score (nSPS) is 16.1. The van der Waals surface area contributed by atoms with E-state index in [1.165, 1.54) is 19.3 Å². The van der Waals surface area contributed by atoms with E-state index in [2.05, 4.69) is 27.2 Å². The van der Waals surface area contributed by atoms with Gasteiger partial charge in [0, 0.05) is 25.1 Å². The molecule has 94 valence electrons. The summed E-state index contributed by atoms with van der Waals surface area (Å²) in [5.41, 5.74) is 3.72. The first kappa shape index (κ1) is 12.1. The molecule has 3 N–H and O–H groups in total. The summed E-state index contributed by atoms with van der Waals surface area (Å²) >= 11 is 0. The number of nitrogen functional groups attached to an aromatic ring is 1. The molecule has 2 rings (SSSR count). The predicted molar refractivity (Wildman–Crippen MR) is 70.0 cm³/mol. The van der Waals surface area contributed by atoms with Crippen LogP contribution in [0.1, 0.15) is 37.6 Å². The molecule has 0 radical (unpaired) electrons. The van der Waals surface area contributed by atoms with Crippen LogP contribution in [0.15, 0.2) is 0 Å². The first-order valence-corrected chi connectivity index (χ1v) is 6.35. The van der Waals surface area contributed by atoms with Crippen LogP contribution in [0.4, 0.5) is 11.6 Å². The van der Waals surface area contributed by atoms with Gasteiger partial charge in [-0.05, 0) is 26.2 Å². The monoisotopic (exact) mass is 235 g/mol. The number of rotatable bonds is 3. The fraction of sp³-hybridized carbons (Fsp3) is 0.667. The molecule has 1 saturated heterocycles. The average Bonchev–Trinajstić information content (AvgIpc) is 2.40. The Hall–Kier alpha value is -1.36. The highest BCUT2D eigenvalue weighted by Gasteiger charge is 2.17. The Bertz CT molecular complexity index is 385. The van der Waals surface area contributed by atoms with Gasteiger partial charge in [0.05, 0.1) is 0 Å². The molecule has 0 aromatic carbocycles. The highest BCUT2D eigenvalue weighted by Crippen LogP contribution is 2.25. The van der Waals surface area contributed by atoms with Gasteiger partial charge in [0.25, 0.3) is 0 Å². The van der Waals surface area contributed by atoms with E-state index in [4.69, 9.17) is 5.84 Å². The maximum atomic E-state index is 5.51. The van der Waals surface area contributed by atoms with Crippen LogP contribution in [-0.2, 0) is 6.42 Å².